The Kier molecular flexibility index (Phi) is 7.04. The molecule has 2 aliphatic rings. The van der Waals surface area contributed by atoms with Crippen LogP contribution < -0.4 is 20.7 Å². The summed E-state index contributed by atoms with van der Waals surface area (Å²) in [5.41, 5.74) is 8.33. The third kappa shape index (κ3) is 4.81. The van der Waals surface area contributed by atoms with E-state index in [9.17, 15) is 19.5 Å². The molecule has 0 saturated carbocycles. The first-order chi connectivity index (χ1) is 20.4. The number of hydrogen-bond donors (Lipinski definition) is 3. The topological polar surface area (TPSA) is 183 Å². The third-order valence-corrected chi connectivity index (χ3v) is 8.21. The summed E-state index contributed by atoms with van der Waals surface area (Å²) in [6.45, 7) is 0.184. The molecular weight excluding hydrogens is 560 g/mol. The van der Waals surface area contributed by atoms with Gasteiger partial charge in [-0.15, -0.1) is 11.8 Å². The number of oxime groups is 1. The molecule has 0 aliphatic carbocycles. The number of amides is 2. The molecule has 1 saturated heterocycles. The van der Waals surface area contributed by atoms with E-state index in [1.165, 1.54) is 29.8 Å². The average molecular weight is 585 g/mol. The quantitative estimate of drug-likeness (QED) is 0.111. The van der Waals surface area contributed by atoms with E-state index in [1.54, 1.807) is 12.1 Å². The largest absolute Gasteiger partial charge is 0.543 e. The van der Waals surface area contributed by atoms with Crippen molar-refractivity contribution in [3.63, 3.8) is 0 Å². The van der Waals surface area contributed by atoms with Crippen LogP contribution in [-0.2, 0) is 25.8 Å². The molecule has 0 bridgehead atoms. The lowest BCUT2D eigenvalue weighted by atomic mass is 10.0. The standard InChI is InChI=1S/C28H24N8O5S/c1-41-34-20(17-9-5-11-19(29)30-17)25(37)32-21-26(38)36-22(28(39)40)16(14-42-27(21)36)13-35-12-6-10-18-24(35)33-23(31-18)15-7-3-2-4-8-15/h2-12,21,27H,13-14H2,1H3,(H4,29,30,32,37,39,40)/t21?,27-/m0/s1. The number of H-pyrrole nitrogens is 1. The molecule has 14 heteroatoms. The number of anilines is 1. The highest BCUT2D eigenvalue weighted by molar-refractivity contribution is 8.00. The maximum atomic E-state index is 13.2. The second kappa shape index (κ2) is 11.0. The first kappa shape index (κ1) is 27.0. The SMILES string of the molecule is CON=C(C(=O)NC1C(=O)N2C(C(=O)[O-])=C(C[n+]3cccc4nc(-c5ccccc5)[nH]c43)CS[C@@H]12)c1cccc(N)n1. The number of carbonyl (C=O) groups is 3. The van der Waals surface area contributed by atoms with E-state index in [0.29, 0.717) is 28.3 Å². The number of nitrogens with one attached hydrogen (secondary N) is 2. The Morgan fingerprint density at radius 3 is 2.74 bits per heavy atom. The zero-order valence-electron chi connectivity index (χ0n) is 22.2. The maximum absolute atomic E-state index is 13.2. The number of aromatic amines is 1. The fourth-order valence-electron chi connectivity index (χ4n) is 4.98. The summed E-state index contributed by atoms with van der Waals surface area (Å²) in [5, 5.41) is 18.1. The Morgan fingerprint density at radius 1 is 1.19 bits per heavy atom. The number of pyridine rings is 2. The van der Waals surface area contributed by atoms with E-state index in [-0.39, 0.29) is 29.5 Å². The molecule has 42 heavy (non-hydrogen) atoms. The number of aromatic nitrogens is 4. The van der Waals surface area contributed by atoms with Crippen molar-refractivity contribution in [2.75, 3.05) is 18.6 Å². The van der Waals surface area contributed by atoms with Crippen molar-refractivity contribution >= 4 is 52.2 Å². The highest BCUT2D eigenvalue weighted by Gasteiger charge is 2.53. The zero-order chi connectivity index (χ0) is 29.4. The number of nitrogen functional groups attached to an aromatic ring is 1. The molecule has 0 spiro atoms. The second-order valence-corrected chi connectivity index (χ2v) is 10.6. The van der Waals surface area contributed by atoms with Gasteiger partial charge < -0.3 is 25.8 Å². The van der Waals surface area contributed by atoms with Gasteiger partial charge in [0.1, 0.15) is 36.6 Å². The molecule has 2 aliphatic heterocycles. The van der Waals surface area contributed by atoms with Crippen molar-refractivity contribution in [3.8, 4) is 11.4 Å². The van der Waals surface area contributed by atoms with E-state index < -0.39 is 29.2 Å². The predicted octanol–water partition coefficient (Wildman–Crippen LogP) is -0.0508. The Hall–Kier alpha value is -5.24. The zero-order valence-corrected chi connectivity index (χ0v) is 23.0. The molecule has 4 aromatic rings. The minimum atomic E-state index is -1.47. The first-order valence-electron chi connectivity index (χ1n) is 12.8. The first-order valence-corrected chi connectivity index (χ1v) is 13.9. The van der Waals surface area contributed by atoms with Crippen LogP contribution in [0.2, 0.25) is 0 Å². The van der Waals surface area contributed by atoms with Gasteiger partial charge in [-0.25, -0.2) is 19.5 Å². The lowest BCUT2D eigenvalue weighted by Gasteiger charge is -2.50. The number of thioether (sulfide) groups is 1. The summed E-state index contributed by atoms with van der Waals surface area (Å²) in [6, 6.07) is 17.0. The van der Waals surface area contributed by atoms with Crippen LogP contribution in [0.1, 0.15) is 5.69 Å². The molecule has 6 rings (SSSR count). The average Bonchev–Trinajstić information content (AvgIpc) is 3.44. The number of nitrogens with two attached hydrogens (primary N) is 1. The van der Waals surface area contributed by atoms with Crippen LogP contribution in [-0.4, -0.2) is 67.6 Å². The Balaban J connectivity index is 1.25. The van der Waals surface area contributed by atoms with Gasteiger partial charge in [0.2, 0.25) is 5.82 Å². The molecular formula is C28H24N8O5S. The van der Waals surface area contributed by atoms with Gasteiger partial charge in [-0.05, 0) is 36.4 Å². The minimum Gasteiger partial charge on any atom is -0.543 e. The van der Waals surface area contributed by atoms with Crippen molar-refractivity contribution < 1.29 is 28.9 Å². The summed E-state index contributed by atoms with van der Waals surface area (Å²) in [6.07, 6.45) is 1.81. The van der Waals surface area contributed by atoms with Crippen LogP contribution in [0.5, 0.6) is 0 Å². The number of fused-ring (bicyclic) bond motifs is 2. The van der Waals surface area contributed by atoms with Crippen molar-refractivity contribution in [2.45, 2.75) is 18.0 Å². The number of hydrogen-bond acceptors (Lipinski definition) is 10. The van der Waals surface area contributed by atoms with E-state index in [1.807, 2.05) is 53.2 Å². The van der Waals surface area contributed by atoms with Gasteiger partial charge in [0, 0.05) is 16.9 Å². The van der Waals surface area contributed by atoms with Crippen LogP contribution in [0.25, 0.3) is 22.6 Å². The maximum Gasteiger partial charge on any atom is 0.307 e. The molecule has 0 radical (unpaired) electrons. The van der Waals surface area contributed by atoms with Crippen molar-refractivity contribution in [1.82, 2.24) is 25.2 Å². The molecule has 13 nitrogen and oxygen atoms in total. The molecule has 212 valence electrons. The third-order valence-electron chi connectivity index (χ3n) is 6.87. The molecule has 4 N–H and O–H groups in total. The number of β-lactam (4-membered cyclic amide) rings is 1. The van der Waals surface area contributed by atoms with Crippen LogP contribution in [0.15, 0.2) is 83.3 Å². The smallest absolute Gasteiger partial charge is 0.307 e. The molecule has 1 fully saturated rings. The number of carbonyl (C=O) groups excluding carboxylic acids is 3. The summed E-state index contributed by atoms with van der Waals surface area (Å²) in [5.74, 6) is -1.61. The van der Waals surface area contributed by atoms with Crippen LogP contribution in [0.4, 0.5) is 5.82 Å². The second-order valence-electron chi connectivity index (χ2n) is 9.49. The molecule has 1 aromatic carbocycles. The number of aliphatic carboxylic acids is 1. The van der Waals surface area contributed by atoms with E-state index in [2.05, 4.69) is 25.4 Å². The normalized spacial score (nSPS) is 18.5. The van der Waals surface area contributed by atoms with Crippen molar-refractivity contribution in [3.05, 3.63) is 83.8 Å². The fraction of sp³-hybridized carbons (Fsp3) is 0.179. The lowest BCUT2D eigenvalue weighted by Crippen LogP contribution is -2.71. The van der Waals surface area contributed by atoms with Gasteiger partial charge in [0.25, 0.3) is 11.8 Å². The Bertz CT molecular complexity index is 1790. The fourth-order valence-corrected chi connectivity index (χ4v) is 6.31. The molecule has 3 aromatic heterocycles. The molecule has 2 amide bonds. The van der Waals surface area contributed by atoms with Gasteiger partial charge in [-0.1, -0.05) is 29.4 Å². The van der Waals surface area contributed by atoms with Gasteiger partial charge in [-0.3, -0.25) is 14.5 Å². The highest BCUT2D eigenvalue weighted by atomic mass is 32.2. The van der Waals surface area contributed by atoms with Crippen LogP contribution in [0.3, 0.4) is 0 Å². The lowest BCUT2D eigenvalue weighted by molar-refractivity contribution is -0.664. The summed E-state index contributed by atoms with van der Waals surface area (Å²) >= 11 is 1.34. The van der Waals surface area contributed by atoms with Crippen molar-refractivity contribution in [2.24, 2.45) is 5.16 Å². The van der Waals surface area contributed by atoms with Gasteiger partial charge in [-0.2, -0.15) is 0 Å². The summed E-state index contributed by atoms with van der Waals surface area (Å²) < 4.78 is 1.85. The van der Waals surface area contributed by atoms with Gasteiger partial charge >= 0.3 is 5.65 Å². The predicted molar refractivity (Wildman–Crippen MR) is 151 cm³/mol. The summed E-state index contributed by atoms with van der Waals surface area (Å²) in [7, 11) is 1.27. The number of rotatable bonds is 8. The van der Waals surface area contributed by atoms with E-state index in [4.69, 9.17) is 10.6 Å². The van der Waals surface area contributed by atoms with Crippen LogP contribution >= 0.6 is 11.8 Å². The Morgan fingerprint density at radius 2 is 2.00 bits per heavy atom. The van der Waals surface area contributed by atoms with Gasteiger partial charge in [0.15, 0.2) is 11.2 Å². The number of nitrogens with zero attached hydrogens (tertiary/aromatic N) is 5. The Labute approximate surface area is 243 Å². The molecule has 2 atom stereocenters. The highest BCUT2D eigenvalue weighted by Crippen LogP contribution is 2.40. The number of imidazole rings is 1. The molecule has 1 unspecified atom stereocenters. The molecule has 5 heterocycles. The number of benzene rings is 1. The monoisotopic (exact) mass is 584 g/mol. The van der Waals surface area contributed by atoms with E-state index >= 15 is 0 Å². The van der Waals surface area contributed by atoms with Gasteiger partial charge in [0.05, 0.1) is 17.9 Å². The minimum absolute atomic E-state index is 0.160. The number of carboxylic acid groups (broad SMARTS) is 1. The van der Waals surface area contributed by atoms with Crippen molar-refractivity contribution in [1.29, 1.82) is 0 Å². The van der Waals surface area contributed by atoms with Crippen LogP contribution in [0, 0.1) is 0 Å². The number of carboxylic acids is 1. The summed E-state index contributed by atoms with van der Waals surface area (Å²) in [4.78, 5) is 56.7. The van der Waals surface area contributed by atoms with E-state index in [0.717, 1.165) is 5.56 Å².